The molecule has 0 aromatic heterocycles. The number of piperidine rings is 1. The van der Waals surface area contributed by atoms with Gasteiger partial charge in [0.05, 0.1) is 24.7 Å². The van der Waals surface area contributed by atoms with Gasteiger partial charge in [-0.2, -0.15) is 0 Å². The maximum absolute atomic E-state index is 13.3. The van der Waals surface area contributed by atoms with Crippen molar-refractivity contribution in [1.29, 1.82) is 0 Å². The molecule has 0 bridgehead atoms. The Morgan fingerprint density at radius 2 is 1.65 bits per heavy atom. The van der Waals surface area contributed by atoms with Crippen molar-refractivity contribution in [3.8, 4) is 11.1 Å². The molecule has 8 heteroatoms. The van der Waals surface area contributed by atoms with Crippen LogP contribution in [-0.4, -0.2) is 72.7 Å². The normalized spacial score (nSPS) is 19.0. The largest absolute Gasteiger partial charge is 0.385 e. The Kier molecular flexibility index (Phi) is 12.8. The van der Waals surface area contributed by atoms with Crippen molar-refractivity contribution in [2.24, 2.45) is 5.41 Å². The number of carbonyl (C=O) groups excluding carboxylic acids is 1. The Labute approximate surface area is 273 Å². The summed E-state index contributed by atoms with van der Waals surface area (Å²) in [7, 11) is 1.76. The van der Waals surface area contributed by atoms with Gasteiger partial charge in [0.25, 0.3) is 0 Å². The Morgan fingerprint density at radius 1 is 0.891 bits per heavy atom. The number of unbranched alkanes of at least 4 members (excludes halogenated alkanes) is 2. The minimum absolute atomic E-state index is 0.0772. The molecule has 0 spiro atoms. The van der Waals surface area contributed by atoms with Gasteiger partial charge in [0.15, 0.2) is 0 Å². The van der Waals surface area contributed by atoms with Gasteiger partial charge in [-0.25, -0.2) is 0 Å². The average Bonchev–Trinajstić information content (AvgIpc) is 3.85. The van der Waals surface area contributed by atoms with Gasteiger partial charge in [-0.3, -0.25) is 20.0 Å². The highest BCUT2D eigenvalue weighted by atomic mass is 17.1. The molecule has 1 aliphatic carbocycles. The van der Waals surface area contributed by atoms with Crippen LogP contribution in [0, 0.1) is 5.41 Å². The first kappa shape index (κ1) is 34.2. The Bertz CT molecular complexity index is 1360. The summed E-state index contributed by atoms with van der Waals surface area (Å²) in [5, 5.41) is 17.1. The number of rotatable bonds is 18. The van der Waals surface area contributed by atoms with Crippen LogP contribution in [0.4, 0.5) is 0 Å². The van der Waals surface area contributed by atoms with Crippen molar-refractivity contribution >= 4 is 5.91 Å². The van der Waals surface area contributed by atoms with E-state index in [1.807, 2.05) is 11.0 Å². The van der Waals surface area contributed by atoms with Crippen LogP contribution in [0.25, 0.3) is 11.1 Å². The molecule has 46 heavy (non-hydrogen) atoms. The standard InChI is InChI=1S/C38H50N2O6/c1-44-24-11-18-31-14-7-8-15-34(31)27-38(21-22-38)29-45-36-28-39(37(41)19-6-3-9-25-46-40(42)43)23-20-35(36)33-17-10-16-32(26-33)30-12-4-2-5-13-30/h2,4-5,7-8,10,12-17,26,35-36,42-43H,3,6,9,11,18-25,27-29H2,1H3/t35-,36?/m1/s1. The summed E-state index contributed by atoms with van der Waals surface area (Å²) in [5.74, 6) is 0.366. The number of hydrogen-bond acceptors (Lipinski definition) is 7. The van der Waals surface area contributed by atoms with Crippen LogP contribution < -0.4 is 0 Å². The second kappa shape index (κ2) is 17.2. The van der Waals surface area contributed by atoms with E-state index in [9.17, 15) is 4.79 Å². The summed E-state index contributed by atoms with van der Waals surface area (Å²) in [6.45, 7) is 2.98. The van der Waals surface area contributed by atoms with Crippen LogP contribution in [0.15, 0.2) is 78.9 Å². The van der Waals surface area contributed by atoms with Crippen molar-refractivity contribution in [1.82, 2.24) is 10.3 Å². The van der Waals surface area contributed by atoms with E-state index in [0.717, 1.165) is 58.0 Å². The van der Waals surface area contributed by atoms with Crippen LogP contribution in [0.5, 0.6) is 0 Å². The molecule has 2 aliphatic rings. The highest BCUT2D eigenvalue weighted by Crippen LogP contribution is 2.50. The minimum Gasteiger partial charge on any atom is -0.385 e. The van der Waals surface area contributed by atoms with Gasteiger partial charge in [-0.05, 0) is 84.6 Å². The number of nitrogens with zero attached hydrogens (tertiary/aromatic N) is 2. The Hall–Kier alpha value is -3.11. The summed E-state index contributed by atoms with van der Waals surface area (Å²) in [5.41, 5.74) is 6.66. The quantitative estimate of drug-likeness (QED) is 0.113. The van der Waals surface area contributed by atoms with Crippen LogP contribution in [0.1, 0.15) is 74.0 Å². The van der Waals surface area contributed by atoms with Crippen LogP contribution in [0.2, 0.25) is 0 Å². The zero-order chi connectivity index (χ0) is 32.2. The highest BCUT2D eigenvalue weighted by Gasteiger charge is 2.45. The molecule has 2 N–H and O–H groups in total. The maximum atomic E-state index is 13.3. The van der Waals surface area contributed by atoms with Gasteiger partial charge in [0, 0.05) is 39.1 Å². The SMILES string of the molecule is COCCCc1ccccc1CC1(COC2CN(C(=O)CCCCCON(O)O)CC[C@@H]2c2cccc(-c3ccccc3)c2)CC1. The van der Waals surface area contributed by atoms with E-state index in [1.165, 1.54) is 27.8 Å². The molecule has 1 saturated carbocycles. The lowest BCUT2D eigenvalue weighted by Crippen LogP contribution is -2.47. The third-order valence-corrected chi connectivity index (χ3v) is 9.61. The number of methoxy groups -OCH3 is 1. The first-order chi connectivity index (χ1) is 22.5. The molecular formula is C38H50N2O6. The van der Waals surface area contributed by atoms with E-state index in [4.69, 9.17) is 19.9 Å². The zero-order valence-electron chi connectivity index (χ0n) is 27.2. The van der Waals surface area contributed by atoms with Gasteiger partial charge in [0.2, 0.25) is 5.91 Å². The average molecular weight is 631 g/mol. The molecule has 3 aromatic rings. The first-order valence-electron chi connectivity index (χ1n) is 16.9. The summed E-state index contributed by atoms with van der Waals surface area (Å²) in [4.78, 5) is 19.9. The molecule has 0 radical (unpaired) electrons. The number of ether oxygens (including phenoxy) is 2. The van der Waals surface area contributed by atoms with Gasteiger partial charge in [0.1, 0.15) is 0 Å². The molecule has 248 valence electrons. The Balaban J connectivity index is 1.26. The molecule has 1 amide bonds. The van der Waals surface area contributed by atoms with Gasteiger partial charge in [-0.1, -0.05) is 85.3 Å². The Morgan fingerprint density at radius 3 is 2.41 bits per heavy atom. The van der Waals surface area contributed by atoms with Gasteiger partial charge >= 0.3 is 0 Å². The van der Waals surface area contributed by atoms with Crippen molar-refractivity contribution in [3.05, 3.63) is 95.6 Å². The summed E-state index contributed by atoms with van der Waals surface area (Å²) >= 11 is 0. The molecule has 1 saturated heterocycles. The fourth-order valence-electron chi connectivity index (χ4n) is 6.75. The number of likely N-dealkylation sites (tertiary alicyclic amines) is 1. The van der Waals surface area contributed by atoms with Crippen LogP contribution >= 0.6 is 0 Å². The van der Waals surface area contributed by atoms with Crippen molar-refractivity contribution in [2.45, 2.75) is 76.2 Å². The number of benzene rings is 3. The first-order valence-corrected chi connectivity index (χ1v) is 16.9. The van der Waals surface area contributed by atoms with Crippen LogP contribution in [-0.2, 0) is 31.9 Å². The predicted octanol–water partition coefficient (Wildman–Crippen LogP) is 7.23. The predicted molar refractivity (Wildman–Crippen MR) is 177 cm³/mol. The highest BCUT2D eigenvalue weighted by molar-refractivity contribution is 5.76. The van der Waals surface area contributed by atoms with E-state index < -0.39 is 0 Å². The second-order valence-corrected chi connectivity index (χ2v) is 13.0. The monoisotopic (exact) mass is 630 g/mol. The lowest BCUT2D eigenvalue weighted by Gasteiger charge is -2.39. The zero-order valence-corrected chi connectivity index (χ0v) is 27.2. The van der Waals surface area contributed by atoms with Crippen molar-refractivity contribution in [2.75, 3.05) is 40.0 Å². The third-order valence-electron chi connectivity index (χ3n) is 9.61. The number of carbonyl (C=O) groups is 1. The molecule has 1 unspecified atom stereocenters. The molecule has 2 fully saturated rings. The molecule has 5 rings (SSSR count). The van der Waals surface area contributed by atoms with E-state index >= 15 is 0 Å². The number of amides is 1. The smallest absolute Gasteiger partial charge is 0.222 e. The van der Waals surface area contributed by atoms with E-state index in [-0.39, 0.29) is 35.3 Å². The summed E-state index contributed by atoms with van der Waals surface area (Å²) in [6, 6.07) is 28.1. The minimum atomic E-state index is -0.265. The third kappa shape index (κ3) is 9.94. The van der Waals surface area contributed by atoms with Crippen LogP contribution in [0.3, 0.4) is 0 Å². The molecule has 8 nitrogen and oxygen atoms in total. The lowest BCUT2D eigenvalue weighted by atomic mass is 9.85. The molecule has 1 heterocycles. The van der Waals surface area contributed by atoms with Gasteiger partial charge < -0.3 is 14.4 Å². The van der Waals surface area contributed by atoms with E-state index in [1.54, 1.807) is 7.11 Å². The summed E-state index contributed by atoms with van der Waals surface area (Å²) < 4.78 is 12.2. The molecule has 1 aliphatic heterocycles. The second-order valence-electron chi connectivity index (χ2n) is 13.0. The fourth-order valence-corrected chi connectivity index (χ4v) is 6.75. The number of aryl methyl sites for hydroxylation is 1. The lowest BCUT2D eigenvalue weighted by molar-refractivity contribution is -0.492. The van der Waals surface area contributed by atoms with Gasteiger partial charge in [-0.15, -0.1) is 0 Å². The number of hydrogen-bond donors (Lipinski definition) is 2. The van der Waals surface area contributed by atoms with Crippen molar-refractivity contribution < 1.29 is 29.5 Å². The summed E-state index contributed by atoms with van der Waals surface area (Å²) in [6.07, 6.45) is 8.79. The topological polar surface area (TPSA) is 91.7 Å². The molecular weight excluding hydrogens is 580 g/mol. The fraction of sp³-hybridized carbons (Fsp3) is 0.500. The van der Waals surface area contributed by atoms with E-state index in [2.05, 4.69) is 77.6 Å². The molecule has 3 aromatic carbocycles. The maximum Gasteiger partial charge on any atom is 0.222 e. The van der Waals surface area contributed by atoms with E-state index in [0.29, 0.717) is 32.5 Å². The molecule has 2 atom stereocenters. The van der Waals surface area contributed by atoms with Crippen molar-refractivity contribution in [3.63, 3.8) is 0 Å².